The van der Waals surface area contributed by atoms with Crippen molar-refractivity contribution in [1.82, 2.24) is 4.48 Å². The molecule has 1 unspecified atom stereocenters. The second-order valence-corrected chi connectivity index (χ2v) is 7.05. The smallest absolute Gasteiger partial charge is 0.258 e. The van der Waals surface area contributed by atoms with Crippen LogP contribution in [0.2, 0.25) is 0 Å². The van der Waals surface area contributed by atoms with Gasteiger partial charge in [-0.1, -0.05) is 54.6 Å². The lowest BCUT2D eigenvalue weighted by Crippen LogP contribution is -3.00. The third kappa shape index (κ3) is 4.32. The first-order chi connectivity index (χ1) is 14.3. The zero-order valence-electron chi connectivity index (χ0n) is 17.3. The number of benzene rings is 2. The highest BCUT2D eigenvalue weighted by atomic mass is 127. The predicted molar refractivity (Wildman–Crippen MR) is 120 cm³/mol. The molecule has 2 aromatic rings. The Morgan fingerprint density at radius 1 is 0.867 bits per heavy atom. The lowest BCUT2D eigenvalue weighted by atomic mass is 10.2. The van der Waals surface area contributed by atoms with E-state index in [-0.39, 0.29) is 30.2 Å². The van der Waals surface area contributed by atoms with Gasteiger partial charge in [-0.25, -0.2) is 4.48 Å². The maximum atomic E-state index is 6.23. The van der Waals surface area contributed by atoms with E-state index in [1.807, 2.05) is 60.7 Å². The number of rotatable bonds is 6. The summed E-state index contributed by atoms with van der Waals surface area (Å²) in [6.45, 7) is 6.43. The third-order valence-corrected chi connectivity index (χ3v) is 5.54. The van der Waals surface area contributed by atoms with Crippen LogP contribution >= 0.6 is 0 Å². The standard InChI is InChI=1S/C25H27N2O2.HI/c1-3-27(4-2)21-15-11-13-17-23(21)29-25(27)19-9-7-5-6-8-18-24-26-20-14-10-12-16-22(20)28-24;/h5-19,25-26H,3-4H2,1-2H3;1H/q+1;/p-1. The molecule has 0 saturated heterocycles. The molecule has 0 bridgehead atoms. The van der Waals surface area contributed by atoms with Gasteiger partial charge in [0.25, 0.3) is 6.23 Å². The largest absolute Gasteiger partial charge is 1.00 e. The van der Waals surface area contributed by atoms with Crippen LogP contribution < -0.4 is 43.3 Å². The molecule has 1 N–H and O–H groups in total. The van der Waals surface area contributed by atoms with Crippen LogP contribution in [0, 0.1) is 0 Å². The van der Waals surface area contributed by atoms with Gasteiger partial charge in [-0.15, -0.1) is 0 Å². The number of hydrogen-bond donors (Lipinski definition) is 1. The van der Waals surface area contributed by atoms with Gasteiger partial charge in [0.1, 0.15) is 0 Å². The molecule has 30 heavy (non-hydrogen) atoms. The van der Waals surface area contributed by atoms with Gasteiger partial charge in [-0.3, -0.25) is 0 Å². The number of quaternary nitrogens is 1. The van der Waals surface area contributed by atoms with Crippen molar-refractivity contribution in [1.29, 1.82) is 0 Å². The molecule has 0 saturated carbocycles. The van der Waals surface area contributed by atoms with Gasteiger partial charge in [0, 0.05) is 12.1 Å². The maximum Gasteiger partial charge on any atom is 0.258 e. The van der Waals surface area contributed by atoms with Gasteiger partial charge in [0.05, 0.1) is 18.8 Å². The van der Waals surface area contributed by atoms with Crippen molar-refractivity contribution in [3.8, 4) is 11.5 Å². The Morgan fingerprint density at radius 3 is 2.30 bits per heavy atom. The first-order valence-electron chi connectivity index (χ1n) is 10.2. The second kappa shape index (κ2) is 10.00. The molecular formula is C25H27IN2O2. The zero-order valence-corrected chi connectivity index (χ0v) is 19.5. The summed E-state index contributed by atoms with van der Waals surface area (Å²) in [5.41, 5.74) is 2.27. The molecule has 5 heteroatoms. The van der Waals surface area contributed by atoms with Crippen LogP contribution in [0.3, 0.4) is 0 Å². The van der Waals surface area contributed by atoms with Crippen molar-refractivity contribution in [2.75, 3.05) is 18.4 Å². The first kappa shape index (κ1) is 22.2. The summed E-state index contributed by atoms with van der Waals surface area (Å²) in [5.74, 6) is 2.58. The fourth-order valence-electron chi connectivity index (χ4n) is 3.93. The fourth-order valence-corrected chi connectivity index (χ4v) is 3.93. The van der Waals surface area contributed by atoms with E-state index in [1.165, 1.54) is 5.69 Å². The highest BCUT2D eigenvalue weighted by Gasteiger charge is 2.44. The Labute approximate surface area is 195 Å². The number of halogens is 1. The van der Waals surface area contributed by atoms with Gasteiger partial charge in [-0.05, 0) is 38.1 Å². The average Bonchev–Trinajstić information content (AvgIpc) is 3.31. The number of fused-ring (bicyclic) bond motifs is 2. The molecule has 2 aliphatic heterocycles. The number of anilines is 1. The Balaban J connectivity index is 0.00000256. The minimum Gasteiger partial charge on any atom is -1.00 e. The molecule has 0 aromatic heterocycles. The number of nitrogens with zero attached hydrogens (tertiary/aromatic N) is 1. The van der Waals surface area contributed by atoms with E-state index in [4.69, 9.17) is 9.47 Å². The average molecular weight is 514 g/mol. The van der Waals surface area contributed by atoms with Gasteiger partial charge in [0.2, 0.25) is 0 Å². The number of para-hydroxylation sites is 4. The van der Waals surface area contributed by atoms with E-state index in [9.17, 15) is 0 Å². The Kier molecular flexibility index (Phi) is 7.39. The predicted octanol–water partition coefficient (Wildman–Crippen LogP) is 2.77. The lowest BCUT2D eigenvalue weighted by molar-refractivity contribution is -0.00000703. The van der Waals surface area contributed by atoms with Crippen LogP contribution in [0.25, 0.3) is 0 Å². The minimum absolute atomic E-state index is 0. The second-order valence-electron chi connectivity index (χ2n) is 7.05. The van der Waals surface area contributed by atoms with Crippen molar-refractivity contribution in [2.45, 2.75) is 20.1 Å². The van der Waals surface area contributed by atoms with Crippen LogP contribution in [-0.2, 0) is 0 Å². The first-order valence-corrected chi connectivity index (χ1v) is 10.2. The molecule has 2 heterocycles. The number of allylic oxidation sites excluding steroid dienone is 6. The number of nitrogens with one attached hydrogen (secondary N) is 1. The van der Waals surface area contributed by atoms with Gasteiger partial charge < -0.3 is 38.8 Å². The normalized spacial score (nSPS) is 20.1. The molecule has 0 spiro atoms. The number of hydrogen-bond acceptors (Lipinski definition) is 3. The SMILES string of the molecule is CC[N+]1(CC)c2ccccc2OC1C=CC=CC=CC=C1Nc2ccccc2O1.[I-]. The third-order valence-electron chi connectivity index (χ3n) is 5.54. The van der Waals surface area contributed by atoms with Crippen LogP contribution in [-0.4, -0.2) is 19.3 Å². The quantitative estimate of drug-likeness (QED) is 0.366. The van der Waals surface area contributed by atoms with Crippen LogP contribution in [0.1, 0.15) is 13.8 Å². The van der Waals surface area contributed by atoms with E-state index < -0.39 is 0 Å². The number of ether oxygens (including phenoxy) is 2. The molecule has 2 aliphatic rings. The maximum absolute atomic E-state index is 6.23. The van der Waals surface area contributed by atoms with Gasteiger partial charge >= 0.3 is 0 Å². The Hall–Kier alpha value is -2.51. The molecule has 0 radical (unpaired) electrons. The summed E-state index contributed by atoms with van der Waals surface area (Å²) in [5, 5.41) is 3.24. The van der Waals surface area contributed by atoms with Crippen molar-refractivity contribution in [3.05, 3.63) is 96.9 Å². The summed E-state index contributed by atoms with van der Waals surface area (Å²) < 4.78 is 12.8. The van der Waals surface area contributed by atoms with E-state index in [0.29, 0.717) is 0 Å². The molecule has 0 amide bonds. The van der Waals surface area contributed by atoms with Gasteiger partial charge in [-0.2, -0.15) is 0 Å². The van der Waals surface area contributed by atoms with E-state index in [2.05, 4.69) is 49.5 Å². The van der Waals surface area contributed by atoms with E-state index in [1.54, 1.807) is 0 Å². The van der Waals surface area contributed by atoms with Crippen molar-refractivity contribution in [3.63, 3.8) is 0 Å². The summed E-state index contributed by atoms with van der Waals surface area (Å²) >= 11 is 0. The van der Waals surface area contributed by atoms with Gasteiger partial charge in [0.15, 0.2) is 23.1 Å². The highest BCUT2D eigenvalue weighted by molar-refractivity contribution is 5.63. The van der Waals surface area contributed by atoms with Crippen LogP contribution in [0.5, 0.6) is 11.5 Å². The molecular weight excluding hydrogens is 487 g/mol. The molecule has 4 nitrogen and oxygen atoms in total. The topological polar surface area (TPSA) is 30.5 Å². The van der Waals surface area contributed by atoms with Crippen molar-refractivity contribution in [2.24, 2.45) is 0 Å². The molecule has 0 fully saturated rings. The molecule has 156 valence electrons. The van der Waals surface area contributed by atoms with Crippen LogP contribution in [0.15, 0.2) is 96.9 Å². The summed E-state index contributed by atoms with van der Waals surface area (Å²) in [6, 6.07) is 16.3. The molecule has 4 rings (SSSR count). The Bertz CT molecular complexity index is 963. The summed E-state index contributed by atoms with van der Waals surface area (Å²) in [7, 11) is 0. The minimum atomic E-state index is 0. The van der Waals surface area contributed by atoms with E-state index >= 15 is 0 Å². The van der Waals surface area contributed by atoms with Crippen molar-refractivity contribution >= 4 is 11.4 Å². The fraction of sp³-hybridized carbons (Fsp3) is 0.200. The lowest BCUT2D eigenvalue weighted by Gasteiger charge is -2.34. The monoisotopic (exact) mass is 514 g/mol. The molecule has 1 atom stereocenters. The number of likely N-dealkylation sites (N-methyl/N-ethyl adjacent to an activating group) is 1. The summed E-state index contributed by atoms with van der Waals surface area (Å²) in [4.78, 5) is 0. The Morgan fingerprint density at radius 2 is 1.53 bits per heavy atom. The molecule has 0 aliphatic carbocycles. The zero-order chi connectivity index (χ0) is 20.1. The highest BCUT2D eigenvalue weighted by Crippen LogP contribution is 2.43. The summed E-state index contributed by atoms with van der Waals surface area (Å²) in [6.07, 6.45) is 14.1. The van der Waals surface area contributed by atoms with E-state index in [0.717, 1.165) is 40.6 Å². The molecule has 2 aromatic carbocycles. The van der Waals surface area contributed by atoms with Crippen LogP contribution in [0.4, 0.5) is 11.4 Å². The van der Waals surface area contributed by atoms with Crippen molar-refractivity contribution < 1.29 is 33.5 Å².